The van der Waals surface area contributed by atoms with Crippen molar-refractivity contribution in [1.29, 1.82) is 0 Å². The second-order valence-corrected chi connectivity index (χ2v) is 5.36. The normalized spacial score (nSPS) is 18.5. The van der Waals surface area contributed by atoms with Gasteiger partial charge in [0.1, 0.15) is 5.82 Å². The molecule has 17 heavy (non-hydrogen) atoms. The van der Waals surface area contributed by atoms with Crippen LogP contribution in [0.3, 0.4) is 0 Å². The van der Waals surface area contributed by atoms with E-state index < -0.39 is 5.82 Å². The average Bonchev–Trinajstić information content (AvgIpc) is 2.57. The van der Waals surface area contributed by atoms with Crippen LogP contribution in [-0.4, -0.2) is 22.9 Å². The Bertz CT molecular complexity index is 454. The fourth-order valence-corrected chi connectivity index (χ4v) is 2.42. The van der Waals surface area contributed by atoms with Gasteiger partial charge in [0.2, 0.25) is 0 Å². The van der Waals surface area contributed by atoms with Crippen LogP contribution in [0.1, 0.15) is 42.6 Å². The van der Waals surface area contributed by atoms with Gasteiger partial charge < -0.3 is 4.90 Å². The summed E-state index contributed by atoms with van der Waals surface area (Å²) in [7, 11) is 0. The second-order valence-electron chi connectivity index (χ2n) is 5.36. The van der Waals surface area contributed by atoms with E-state index in [2.05, 4.69) is 0 Å². The third-order valence-electron chi connectivity index (χ3n) is 3.50. The molecule has 1 aliphatic rings. The Kier molecular flexibility index (Phi) is 2.94. The molecule has 1 saturated heterocycles. The summed E-state index contributed by atoms with van der Waals surface area (Å²) >= 11 is 0. The summed E-state index contributed by atoms with van der Waals surface area (Å²) in [4.78, 5) is 14.1. The van der Waals surface area contributed by atoms with E-state index in [1.807, 2.05) is 20.8 Å². The first-order chi connectivity index (χ1) is 7.92. The number of amides is 1. The van der Waals surface area contributed by atoms with Crippen LogP contribution < -0.4 is 0 Å². The van der Waals surface area contributed by atoms with E-state index in [1.165, 1.54) is 6.07 Å². The fraction of sp³-hybridized carbons (Fsp3) is 0.500. The summed E-state index contributed by atoms with van der Waals surface area (Å²) < 4.78 is 13.8. The monoisotopic (exact) mass is 235 g/mol. The van der Waals surface area contributed by atoms with Crippen molar-refractivity contribution in [2.75, 3.05) is 6.54 Å². The van der Waals surface area contributed by atoms with Crippen molar-refractivity contribution in [1.82, 2.24) is 4.90 Å². The molecule has 0 spiro atoms. The Balaban J connectivity index is 2.31. The lowest BCUT2D eigenvalue weighted by Crippen LogP contribution is -2.42. The number of aryl methyl sites for hydroxylation is 1. The fourth-order valence-electron chi connectivity index (χ4n) is 2.42. The van der Waals surface area contributed by atoms with Crippen LogP contribution in [0.15, 0.2) is 18.2 Å². The van der Waals surface area contributed by atoms with Crippen molar-refractivity contribution in [3.8, 4) is 0 Å². The molecule has 1 aliphatic heterocycles. The van der Waals surface area contributed by atoms with Crippen LogP contribution >= 0.6 is 0 Å². The molecule has 0 atom stereocenters. The zero-order valence-corrected chi connectivity index (χ0v) is 10.6. The highest BCUT2D eigenvalue weighted by Crippen LogP contribution is 2.30. The molecule has 2 nitrogen and oxygen atoms in total. The summed E-state index contributed by atoms with van der Waals surface area (Å²) in [5.41, 5.74) is 0.860. The molecular weight excluding hydrogens is 217 g/mol. The number of benzene rings is 1. The minimum Gasteiger partial charge on any atom is -0.333 e. The van der Waals surface area contributed by atoms with Crippen molar-refractivity contribution in [2.45, 2.75) is 39.2 Å². The summed E-state index contributed by atoms with van der Waals surface area (Å²) in [5.74, 6) is -0.609. The minimum atomic E-state index is -0.419. The van der Waals surface area contributed by atoms with Crippen molar-refractivity contribution in [3.63, 3.8) is 0 Å². The lowest BCUT2D eigenvalue weighted by molar-refractivity contribution is 0.0647. The van der Waals surface area contributed by atoms with Crippen molar-refractivity contribution >= 4 is 5.91 Å². The maximum atomic E-state index is 13.8. The van der Waals surface area contributed by atoms with Gasteiger partial charge in [0.15, 0.2) is 0 Å². The molecule has 1 aromatic rings. The van der Waals surface area contributed by atoms with E-state index in [0.717, 1.165) is 24.9 Å². The van der Waals surface area contributed by atoms with Gasteiger partial charge in [0.25, 0.3) is 5.91 Å². The lowest BCUT2D eigenvalue weighted by Gasteiger charge is -2.31. The van der Waals surface area contributed by atoms with E-state index in [0.29, 0.717) is 0 Å². The van der Waals surface area contributed by atoms with Gasteiger partial charge in [-0.1, -0.05) is 6.07 Å². The molecule has 1 heterocycles. The van der Waals surface area contributed by atoms with Crippen LogP contribution in [0, 0.1) is 12.7 Å². The number of rotatable bonds is 1. The molecule has 2 rings (SSSR count). The van der Waals surface area contributed by atoms with E-state index in [-0.39, 0.29) is 17.0 Å². The van der Waals surface area contributed by atoms with Crippen molar-refractivity contribution in [3.05, 3.63) is 35.1 Å². The quantitative estimate of drug-likeness (QED) is 0.732. The molecular formula is C14H18FNO. The molecule has 1 amide bonds. The molecule has 0 radical (unpaired) electrons. The SMILES string of the molecule is Cc1ccc(C(=O)N2CCCC2(C)C)c(F)c1. The number of hydrogen-bond acceptors (Lipinski definition) is 1. The number of likely N-dealkylation sites (tertiary alicyclic amines) is 1. The predicted molar refractivity (Wildman–Crippen MR) is 65.5 cm³/mol. The molecule has 0 saturated carbocycles. The number of hydrogen-bond donors (Lipinski definition) is 0. The van der Waals surface area contributed by atoms with Gasteiger partial charge in [-0.05, 0) is 51.3 Å². The Hall–Kier alpha value is -1.38. The van der Waals surface area contributed by atoms with E-state index >= 15 is 0 Å². The Morgan fingerprint density at radius 2 is 2.12 bits per heavy atom. The van der Waals surface area contributed by atoms with Crippen molar-refractivity contribution < 1.29 is 9.18 Å². The molecule has 92 valence electrons. The number of halogens is 1. The van der Waals surface area contributed by atoms with Crippen LogP contribution in [-0.2, 0) is 0 Å². The smallest absolute Gasteiger partial charge is 0.257 e. The zero-order chi connectivity index (χ0) is 12.6. The van der Waals surface area contributed by atoms with Crippen molar-refractivity contribution in [2.24, 2.45) is 0 Å². The summed E-state index contributed by atoms with van der Waals surface area (Å²) in [6.45, 7) is 6.60. The van der Waals surface area contributed by atoms with E-state index in [9.17, 15) is 9.18 Å². The van der Waals surface area contributed by atoms with Crippen LogP contribution in [0.4, 0.5) is 4.39 Å². The third-order valence-corrected chi connectivity index (χ3v) is 3.50. The first-order valence-corrected chi connectivity index (χ1v) is 6.00. The standard InChI is InChI=1S/C14H18FNO/c1-10-5-6-11(12(15)9-10)13(17)16-8-4-7-14(16,2)3/h5-6,9H,4,7-8H2,1-3H3. The van der Waals surface area contributed by atoms with Gasteiger partial charge in [0, 0.05) is 12.1 Å². The van der Waals surface area contributed by atoms with Crippen LogP contribution in [0.2, 0.25) is 0 Å². The Labute approximate surface area is 101 Å². The first kappa shape index (κ1) is 12.1. The number of carbonyl (C=O) groups is 1. The summed E-state index contributed by atoms with van der Waals surface area (Å²) in [5, 5.41) is 0. The molecule has 3 heteroatoms. The third kappa shape index (κ3) is 2.19. The number of nitrogens with zero attached hydrogens (tertiary/aromatic N) is 1. The van der Waals surface area contributed by atoms with Gasteiger partial charge in [-0.15, -0.1) is 0 Å². The molecule has 0 aromatic heterocycles. The molecule has 0 unspecified atom stereocenters. The molecule has 0 aliphatic carbocycles. The molecule has 1 fully saturated rings. The Morgan fingerprint density at radius 1 is 1.41 bits per heavy atom. The maximum Gasteiger partial charge on any atom is 0.257 e. The zero-order valence-electron chi connectivity index (χ0n) is 10.6. The summed E-state index contributed by atoms with van der Waals surface area (Å²) in [6, 6.07) is 4.77. The highest BCUT2D eigenvalue weighted by Gasteiger charge is 2.36. The van der Waals surface area contributed by atoms with Crippen LogP contribution in [0.5, 0.6) is 0 Å². The highest BCUT2D eigenvalue weighted by atomic mass is 19.1. The molecule has 0 bridgehead atoms. The van der Waals surface area contributed by atoms with Gasteiger partial charge in [-0.3, -0.25) is 4.79 Å². The predicted octanol–water partition coefficient (Wildman–Crippen LogP) is 3.15. The topological polar surface area (TPSA) is 20.3 Å². The van der Waals surface area contributed by atoms with Gasteiger partial charge in [-0.25, -0.2) is 4.39 Å². The van der Waals surface area contributed by atoms with E-state index in [4.69, 9.17) is 0 Å². The number of carbonyl (C=O) groups excluding carboxylic acids is 1. The Morgan fingerprint density at radius 3 is 2.65 bits per heavy atom. The second kappa shape index (κ2) is 4.13. The highest BCUT2D eigenvalue weighted by molar-refractivity contribution is 5.95. The van der Waals surface area contributed by atoms with E-state index in [1.54, 1.807) is 17.0 Å². The minimum absolute atomic E-state index is 0.158. The average molecular weight is 235 g/mol. The maximum absolute atomic E-state index is 13.8. The van der Waals surface area contributed by atoms with Gasteiger partial charge in [0.05, 0.1) is 5.56 Å². The molecule has 0 N–H and O–H groups in total. The van der Waals surface area contributed by atoms with Gasteiger partial charge >= 0.3 is 0 Å². The van der Waals surface area contributed by atoms with Crippen LogP contribution in [0.25, 0.3) is 0 Å². The lowest BCUT2D eigenvalue weighted by atomic mass is 10.0. The largest absolute Gasteiger partial charge is 0.333 e. The first-order valence-electron chi connectivity index (χ1n) is 6.00. The molecule has 1 aromatic carbocycles. The van der Waals surface area contributed by atoms with Gasteiger partial charge in [-0.2, -0.15) is 0 Å². The summed E-state index contributed by atoms with van der Waals surface area (Å²) in [6.07, 6.45) is 1.97.